The summed E-state index contributed by atoms with van der Waals surface area (Å²) in [7, 11) is 1.56. The molecule has 0 spiro atoms. The highest BCUT2D eigenvalue weighted by Crippen LogP contribution is 2.31. The molecule has 1 atom stereocenters. The van der Waals surface area contributed by atoms with E-state index in [1.165, 1.54) is 0 Å². The molecule has 0 aromatic carbocycles. The highest BCUT2D eigenvalue weighted by atomic mass is 79.9. The normalized spacial score (nSPS) is 20.3. The zero-order chi connectivity index (χ0) is 11.7. The lowest BCUT2D eigenvalue weighted by Gasteiger charge is -2.17. The second-order valence-corrected chi connectivity index (χ2v) is 5.52. The van der Waals surface area contributed by atoms with Gasteiger partial charge in [-0.15, -0.1) is 0 Å². The number of alkyl halides is 1. The average Bonchev–Trinajstić information content (AvgIpc) is 2.57. The number of aromatic nitrogens is 1. The predicted molar refractivity (Wildman–Crippen MR) is 68.2 cm³/mol. The van der Waals surface area contributed by atoms with Gasteiger partial charge in [0.2, 0.25) is 11.8 Å². The van der Waals surface area contributed by atoms with Crippen LogP contribution in [-0.4, -0.2) is 29.4 Å². The van der Waals surface area contributed by atoms with Crippen LogP contribution in [-0.2, 0) is 4.79 Å². The van der Waals surface area contributed by atoms with Crippen molar-refractivity contribution in [2.75, 3.05) is 18.6 Å². The van der Waals surface area contributed by atoms with Crippen LogP contribution in [0.4, 0.5) is 5.69 Å². The standard InChI is InChI=1S/C10H10Br2N2O2/c1-16-8-3-2-7(10(12)13-8)14-5-6(11)4-9(14)15/h2-3,6H,4-5H2,1H3. The van der Waals surface area contributed by atoms with Crippen LogP contribution in [0.2, 0.25) is 0 Å². The van der Waals surface area contributed by atoms with Crippen LogP contribution in [0.25, 0.3) is 0 Å². The van der Waals surface area contributed by atoms with E-state index in [1.54, 1.807) is 18.1 Å². The molecule has 1 amide bonds. The van der Waals surface area contributed by atoms with Crippen molar-refractivity contribution in [3.8, 4) is 5.88 Å². The Balaban J connectivity index is 2.30. The highest BCUT2D eigenvalue weighted by molar-refractivity contribution is 9.10. The van der Waals surface area contributed by atoms with Crippen molar-refractivity contribution < 1.29 is 9.53 Å². The Morgan fingerprint density at radius 3 is 2.81 bits per heavy atom. The molecule has 1 aliphatic rings. The van der Waals surface area contributed by atoms with Crippen molar-refractivity contribution in [2.24, 2.45) is 0 Å². The second-order valence-electron chi connectivity index (χ2n) is 3.47. The molecule has 86 valence electrons. The largest absolute Gasteiger partial charge is 0.481 e. The fraction of sp³-hybridized carbons (Fsp3) is 0.400. The van der Waals surface area contributed by atoms with Gasteiger partial charge in [-0.2, -0.15) is 0 Å². The van der Waals surface area contributed by atoms with Crippen molar-refractivity contribution in [3.05, 3.63) is 16.7 Å². The lowest BCUT2D eigenvalue weighted by Crippen LogP contribution is -2.25. The molecule has 0 bridgehead atoms. The Morgan fingerprint density at radius 1 is 1.56 bits per heavy atom. The highest BCUT2D eigenvalue weighted by Gasteiger charge is 2.30. The molecule has 1 aliphatic heterocycles. The molecular formula is C10H10Br2N2O2. The lowest BCUT2D eigenvalue weighted by molar-refractivity contribution is -0.117. The number of anilines is 1. The number of hydrogen-bond acceptors (Lipinski definition) is 3. The first kappa shape index (κ1) is 11.9. The number of carbonyl (C=O) groups excluding carboxylic acids is 1. The maximum Gasteiger partial charge on any atom is 0.228 e. The summed E-state index contributed by atoms with van der Waals surface area (Å²) in [6.07, 6.45) is 0.526. The summed E-state index contributed by atoms with van der Waals surface area (Å²) < 4.78 is 5.63. The summed E-state index contributed by atoms with van der Waals surface area (Å²) in [6.45, 7) is 0.672. The van der Waals surface area contributed by atoms with Crippen LogP contribution >= 0.6 is 31.9 Å². The summed E-state index contributed by atoms with van der Waals surface area (Å²) in [5, 5.41) is 0. The summed E-state index contributed by atoms with van der Waals surface area (Å²) >= 11 is 6.79. The second kappa shape index (κ2) is 4.71. The minimum absolute atomic E-state index is 0.106. The Bertz CT molecular complexity index is 425. The molecule has 1 saturated heterocycles. The van der Waals surface area contributed by atoms with Gasteiger partial charge < -0.3 is 9.64 Å². The van der Waals surface area contributed by atoms with Gasteiger partial charge in [-0.25, -0.2) is 4.98 Å². The number of halogens is 2. The Hall–Kier alpha value is -0.620. The SMILES string of the molecule is COc1ccc(N2CC(Br)CC2=O)c(Br)n1. The maximum absolute atomic E-state index is 11.7. The number of rotatable bonds is 2. The fourth-order valence-electron chi connectivity index (χ4n) is 1.62. The monoisotopic (exact) mass is 348 g/mol. The first-order valence-electron chi connectivity index (χ1n) is 4.77. The Morgan fingerprint density at radius 2 is 2.31 bits per heavy atom. The third kappa shape index (κ3) is 2.22. The zero-order valence-corrected chi connectivity index (χ0v) is 11.8. The van der Waals surface area contributed by atoms with Crippen LogP contribution in [0.5, 0.6) is 5.88 Å². The van der Waals surface area contributed by atoms with Gasteiger partial charge in [-0.3, -0.25) is 4.79 Å². The van der Waals surface area contributed by atoms with E-state index in [-0.39, 0.29) is 10.7 Å². The minimum Gasteiger partial charge on any atom is -0.481 e. The molecule has 0 saturated carbocycles. The summed E-state index contributed by atoms with van der Waals surface area (Å²) in [5.74, 6) is 0.632. The van der Waals surface area contributed by atoms with Gasteiger partial charge in [-0.05, 0) is 22.0 Å². The summed E-state index contributed by atoms with van der Waals surface area (Å²) in [5.41, 5.74) is 0.785. The van der Waals surface area contributed by atoms with Gasteiger partial charge in [0, 0.05) is 23.9 Å². The topological polar surface area (TPSA) is 42.4 Å². The molecule has 1 fully saturated rings. The van der Waals surface area contributed by atoms with E-state index in [4.69, 9.17) is 4.74 Å². The van der Waals surface area contributed by atoms with Crippen LogP contribution in [0.15, 0.2) is 16.7 Å². The maximum atomic E-state index is 11.7. The van der Waals surface area contributed by atoms with Gasteiger partial charge >= 0.3 is 0 Å². The van der Waals surface area contributed by atoms with Crippen LogP contribution in [0.1, 0.15) is 6.42 Å². The number of methoxy groups -OCH3 is 1. The number of nitrogens with zero attached hydrogens (tertiary/aromatic N) is 2. The molecule has 2 rings (SSSR count). The molecule has 16 heavy (non-hydrogen) atoms. The van der Waals surface area contributed by atoms with Gasteiger partial charge in [0.15, 0.2) is 0 Å². The third-order valence-corrected chi connectivity index (χ3v) is 3.58. The summed E-state index contributed by atoms with van der Waals surface area (Å²) in [4.78, 5) is 17.8. The molecule has 1 aromatic heterocycles. The van der Waals surface area contributed by atoms with E-state index in [2.05, 4.69) is 36.8 Å². The Kier molecular flexibility index (Phi) is 3.49. The zero-order valence-electron chi connectivity index (χ0n) is 8.61. The molecule has 0 N–H and O–H groups in total. The fourth-order valence-corrected chi connectivity index (χ4v) is 2.71. The first-order valence-corrected chi connectivity index (χ1v) is 6.47. The van der Waals surface area contributed by atoms with Crippen LogP contribution in [0.3, 0.4) is 0 Å². The summed E-state index contributed by atoms with van der Waals surface area (Å²) in [6, 6.07) is 3.58. The third-order valence-electron chi connectivity index (χ3n) is 2.38. The van der Waals surface area contributed by atoms with E-state index < -0.39 is 0 Å². The van der Waals surface area contributed by atoms with Crippen molar-refractivity contribution >= 4 is 43.5 Å². The molecule has 4 nitrogen and oxygen atoms in total. The van der Waals surface area contributed by atoms with Crippen molar-refractivity contribution in [1.29, 1.82) is 0 Å². The van der Waals surface area contributed by atoms with Gasteiger partial charge in [0.1, 0.15) is 4.60 Å². The van der Waals surface area contributed by atoms with Gasteiger partial charge in [0.25, 0.3) is 0 Å². The first-order chi connectivity index (χ1) is 7.61. The average molecular weight is 350 g/mol. The number of ether oxygens (including phenoxy) is 1. The van der Waals surface area contributed by atoms with E-state index in [9.17, 15) is 4.79 Å². The molecule has 0 aliphatic carbocycles. The molecule has 0 radical (unpaired) electrons. The Labute approximate surface area is 110 Å². The molecule has 1 unspecified atom stereocenters. The van der Waals surface area contributed by atoms with Gasteiger partial charge in [0.05, 0.1) is 12.8 Å². The quantitative estimate of drug-likeness (QED) is 0.608. The van der Waals surface area contributed by atoms with Gasteiger partial charge in [-0.1, -0.05) is 15.9 Å². The molecule has 6 heteroatoms. The number of carbonyl (C=O) groups is 1. The van der Waals surface area contributed by atoms with E-state index in [0.717, 1.165) is 5.69 Å². The van der Waals surface area contributed by atoms with Crippen LogP contribution in [0, 0.1) is 0 Å². The molecule has 2 heterocycles. The van der Waals surface area contributed by atoms with Crippen molar-refractivity contribution in [3.63, 3.8) is 0 Å². The lowest BCUT2D eigenvalue weighted by atomic mass is 10.4. The predicted octanol–water partition coefficient (Wildman–Crippen LogP) is 2.35. The molecule has 1 aromatic rings. The molecular weight excluding hydrogens is 340 g/mol. The smallest absolute Gasteiger partial charge is 0.228 e. The van der Waals surface area contributed by atoms with E-state index in [0.29, 0.717) is 23.4 Å². The van der Waals surface area contributed by atoms with Crippen molar-refractivity contribution in [1.82, 2.24) is 4.98 Å². The van der Waals surface area contributed by atoms with E-state index >= 15 is 0 Å². The van der Waals surface area contributed by atoms with Crippen molar-refractivity contribution in [2.45, 2.75) is 11.2 Å². The van der Waals surface area contributed by atoms with E-state index in [1.807, 2.05) is 6.07 Å². The van der Waals surface area contributed by atoms with Crippen LogP contribution < -0.4 is 9.64 Å². The number of amides is 1. The number of pyridine rings is 1. The minimum atomic E-state index is 0.106. The number of hydrogen-bond donors (Lipinski definition) is 0.